The number of carbonyl (C=O) groups excluding carboxylic acids is 1. The Labute approximate surface area is 153 Å². The van der Waals surface area contributed by atoms with Crippen molar-refractivity contribution in [2.24, 2.45) is 0 Å². The van der Waals surface area contributed by atoms with E-state index in [0.29, 0.717) is 5.70 Å². The van der Waals surface area contributed by atoms with Crippen LogP contribution in [0.1, 0.15) is 18.5 Å². The topological polar surface area (TPSA) is 32.3 Å². The van der Waals surface area contributed by atoms with Crippen LogP contribution >= 0.6 is 0 Å². The Hall–Kier alpha value is -3.33. The highest BCUT2D eigenvalue weighted by molar-refractivity contribution is 6.11. The summed E-state index contributed by atoms with van der Waals surface area (Å²) >= 11 is 0. The highest BCUT2D eigenvalue weighted by Crippen LogP contribution is 2.40. The summed E-state index contributed by atoms with van der Waals surface area (Å²) in [5.74, 6) is -0.00796. The average Bonchev–Trinajstić information content (AvgIpc) is 2.95. The van der Waals surface area contributed by atoms with Gasteiger partial charge in [0.25, 0.3) is 5.91 Å². The van der Waals surface area contributed by atoms with E-state index >= 15 is 0 Å². The zero-order chi connectivity index (χ0) is 17.9. The molecule has 1 aliphatic heterocycles. The van der Waals surface area contributed by atoms with Gasteiger partial charge in [0, 0.05) is 11.4 Å². The van der Waals surface area contributed by atoms with E-state index in [1.54, 1.807) is 0 Å². The molecule has 1 N–H and O–H groups in total. The molecule has 0 aliphatic carbocycles. The number of amides is 1. The first-order valence-corrected chi connectivity index (χ1v) is 8.72. The van der Waals surface area contributed by atoms with E-state index in [4.69, 9.17) is 0 Å². The van der Waals surface area contributed by atoms with Crippen LogP contribution in [0.5, 0.6) is 0 Å². The second-order valence-corrected chi connectivity index (χ2v) is 6.37. The van der Waals surface area contributed by atoms with Gasteiger partial charge in [-0.05, 0) is 42.3 Å². The lowest BCUT2D eigenvalue weighted by Crippen LogP contribution is -2.31. The number of carbonyl (C=O) groups is 1. The van der Waals surface area contributed by atoms with E-state index in [1.807, 2.05) is 90.7 Å². The summed E-state index contributed by atoms with van der Waals surface area (Å²) in [4.78, 5) is 15.2. The Kier molecular flexibility index (Phi) is 4.28. The summed E-state index contributed by atoms with van der Waals surface area (Å²) in [7, 11) is 0. The van der Waals surface area contributed by atoms with Crippen molar-refractivity contribution in [1.82, 2.24) is 0 Å². The van der Waals surface area contributed by atoms with Crippen molar-refractivity contribution in [2.75, 3.05) is 10.2 Å². The van der Waals surface area contributed by atoms with Crippen LogP contribution in [0.4, 0.5) is 11.4 Å². The minimum Gasteiger partial charge on any atom is -0.351 e. The van der Waals surface area contributed by atoms with E-state index in [-0.39, 0.29) is 11.9 Å². The minimum absolute atomic E-state index is 0.00796. The Morgan fingerprint density at radius 1 is 0.769 bits per heavy atom. The number of nitrogens with zero attached hydrogens (tertiary/aromatic N) is 1. The van der Waals surface area contributed by atoms with Gasteiger partial charge in [-0.3, -0.25) is 9.69 Å². The van der Waals surface area contributed by atoms with Crippen molar-refractivity contribution in [3.8, 4) is 0 Å². The molecule has 3 aromatic rings. The number of rotatable bonds is 4. The molecule has 0 fully saturated rings. The SMILES string of the molecule is CC1=C(Nc2ccccc2)C(=O)N(c2ccccc2)C1c1ccccc1. The van der Waals surface area contributed by atoms with E-state index in [2.05, 4.69) is 17.4 Å². The Bertz CT molecular complexity index is 934. The molecule has 0 radical (unpaired) electrons. The normalized spacial score (nSPS) is 16.9. The number of benzene rings is 3. The van der Waals surface area contributed by atoms with Gasteiger partial charge in [0.15, 0.2) is 0 Å². The van der Waals surface area contributed by atoms with Crippen molar-refractivity contribution in [1.29, 1.82) is 0 Å². The number of para-hydroxylation sites is 2. The van der Waals surface area contributed by atoms with E-state index < -0.39 is 0 Å². The van der Waals surface area contributed by atoms with Crippen LogP contribution in [-0.4, -0.2) is 5.91 Å². The maximum atomic E-state index is 13.3. The van der Waals surface area contributed by atoms with Gasteiger partial charge in [-0.25, -0.2) is 0 Å². The minimum atomic E-state index is -0.114. The zero-order valence-electron chi connectivity index (χ0n) is 14.6. The fraction of sp³-hybridized carbons (Fsp3) is 0.0870. The van der Waals surface area contributed by atoms with Crippen molar-refractivity contribution in [3.63, 3.8) is 0 Å². The fourth-order valence-corrected chi connectivity index (χ4v) is 3.44. The molecule has 0 aromatic heterocycles. The number of nitrogens with one attached hydrogen (secondary N) is 1. The summed E-state index contributed by atoms with van der Waals surface area (Å²) in [6, 6.07) is 29.7. The first kappa shape index (κ1) is 16.2. The lowest BCUT2D eigenvalue weighted by molar-refractivity contribution is -0.114. The molecule has 0 bridgehead atoms. The zero-order valence-corrected chi connectivity index (χ0v) is 14.6. The summed E-state index contributed by atoms with van der Waals surface area (Å²) in [5.41, 5.74) is 4.59. The molecule has 1 amide bonds. The first-order chi connectivity index (χ1) is 12.8. The average molecular weight is 340 g/mol. The van der Waals surface area contributed by atoms with Gasteiger partial charge in [0.05, 0.1) is 6.04 Å². The summed E-state index contributed by atoms with van der Waals surface area (Å²) in [6.07, 6.45) is 0. The van der Waals surface area contributed by atoms with Crippen LogP contribution in [-0.2, 0) is 4.79 Å². The summed E-state index contributed by atoms with van der Waals surface area (Å²) < 4.78 is 0. The number of hydrogen-bond donors (Lipinski definition) is 1. The van der Waals surface area contributed by atoms with Gasteiger partial charge in [0.2, 0.25) is 0 Å². The Balaban J connectivity index is 1.79. The van der Waals surface area contributed by atoms with Crippen molar-refractivity contribution in [2.45, 2.75) is 13.0 Å². The number of anilines is 2. The highest BCUT2D eigenvalue weighted by Gasteiger charge is 2.39. The molecule has 3 nitrogen and oxygen atoms in total. The van der Waals surface area contributed by atoms with Crippen LogP contribution in [0.3, 0.4) is 0 Å². The third kappa shape index (κ3) is 2.88. The second-order valence-electron chi connectivity index (χ2n) is 6.37. The van der Waals surface area contributed by atoms with E-state index in [0.717, 1.165) is 22.5 Å². The van der Waals surface area contributed by atoms with Crippen LogP contribution in [0, 0.1) is 0 Å². The monoisotopic (exact) mass is 340 g/mol. The quantitative estimate of drug-likeness (QED) is 0.711. The standard InChI is InChI=1S/C23H20N2O/c1-17-21(24-19-13-7-3-8-14-19)23(26)25(20-15-9-4-10-16-20)22(17)18-11-5-2-6-12-18/h2-16,22,24H,1H3. The van der Waals surface area contributed by atoms with Gasteiger partial charge in [-0.15, -0.1) is 0 Å². The fourth-order valence-electron chi connectivity index (χ4n) is 3.44. The van der Waals surface area contributed by atoms with Crippen LogP contribution in [0.15, 0.2) is 102 Å². The molecule has 1 heterocycles. The molecular weight excluding hydrogens is 320 g/mol. The predicted octanol–water partition coefficient (Wildman–Crippen LogP) is 5.16. The molecule has 1 aliphatic rings. The van der Waals surface area contributed by atoms with Gasteiger partial charge in [-0.1, -0.05) is 66.7 Å². The van der Waals surface area contributed by atoms with Crippen molar-refractivity contribution in [3.05, 3.63) is 108 Å². The Morgan fingerprint density at radius 2 is 1.31 bits per heavy atom. The molecule has 1 unspecified atom stereocenters. The van der Waals surface area contributed by atoms with Crippen molar-refractivity contribution < 1.29 is 4.79 Å². The maximum Gasteiger partial charge on any atom is 0.275 e. The van der Waals surface area contributed by atoms with Crippen LogP contribution < -0.4 is 10.2 Å². The van der Waals surface area contributed by atoms with Gasteiger partial charge < -0.3 is 5.32 Å². The van der Waals surface area contributed by atoms with Gasteiger partial charge in [0.1, 0.15) is 5.70 Å². The molecule has 4 rings (SSSR count). The summed E-state index contributed by atoms with van der Waals surface area (Å²) in [5, 5.41) is 3.33. The maximum absolute atomic E-state index is 13.3. The number of hydrogen-bond acceptors (Lipinski definition) is 2. The highest BCUT2D eigenvalue weighted by atomic mass is 16.2. The lowest BCUT2D eigenvalue weighted by atomic mass is 10.00. The van der Waals surface area contributed by atoms with Crippen LogP contribution in [0.25, 0.3) is 0 Å². The summed E-state index contributed by atoms with van der Waals surface area (Å²) in [6.45, 7) is 2.03. The van der Waals surface area contributed by atoms with Crippen LogP contribution in [0.2, 0.25) is 0 Å². The molecule has 3 aromatic carbocycles. The molecular formula is C23H20N2O. The third-order valence-electron chi connectivity index (χ3n) is 4.69. The molecule has 0 saturated heterocycles. The Morgan fingerprint density at radius 3 is 1.92 bits per heavy atom. The van der Waals surface area contributed by atoms with Crippen molar-refractivity contribution >= 4 is 17.3 Å². The molecule has 0 spiro atoms. The third-order valence-corrected chi connectivity index (χ3v) is 4.69. The van der Waals surface area contributed by atoms with E-state index in [1.165, 1.54) is 0 Å². The molecule has 3 heteroatoms. The molecule has 128 valence electrons. The molecule has 0 saturated carbocycles. The second kappa shape index (κ2) is 6.89. The predicted molar refractivity (Wildman–Crippen MR) is 106 cm³/mol. The molecule has 1 atom stereocenters. The van der Waals surface area contributed by atoms with Gasteiger partial charge >= 0.3 is 0 Å². The lowest BCUT2D eigenvalue weighted by Gasteiger charge is -2.26. The smallest absolute Gasteiger partial charge is 0.275 e. The van der Waals surface area contributed by atoms with E-state index in [9.17, 15) is 4.79 Å². The van der Waals surface area contributed by atoms with Gasteiger partial charge in [-0.2, -0.15) is 0 Å². The first-order valence-electron chi connectivity index (χ1n) is 8.72. The molecule has 26 heavy (non-hydrogen) atoms. The largest absolute Gasteiger partial charge is 0.351 e.